The molecule has 0 atom stereocenters. The largest absolute Gasteiger partial charge is 0.481 e. The Morgan fingerprint density at radius 2 is 1.48 bits per heavy atom. The van der Waals surface area contributed by atoms with Crippen molar-refractivity contribution in [1.82, 2.24) is 0 Å². The molecule has 0 aliphatic carbocycles. The summed E-state index contributed by atoms with van der Waals surface area (Å²) in [6.07, 6.45) is 2.95. The number of hydrogen-bond acceptors (Lipinski definition) is 3. The molecule has 118 valence electrons. The third-order valence-corrected chi connectivity index (χ3v) is 2.61. The highest BCUT2D eigenvalue weighted by Crippen LogP contribution is 2.19. The predicted molar refractivity (Wildman–Crippen MR) is 90.4 cm³/mol. The quantitative estimate of drug-likeness (QED) is 0.401. The number of aliphatic carboxylic acids is 1. The van der Waals surface area contributed by atoms with Crippen molar-refractivity contribution in [1.29, 1.82) is 0 Å². The van der Waals surface area contributed by atoms with E-state index >= 15 is 0 Å². The Kier molecular flexibility index (Phi) is 7.58. The van der Waals surface area contributed by atoms with E-state index in [1.54, 1.807) is 6.08 Å². The van der Waals surface area contributed by atoms with Gasteiger partial charge in [-0.25, -0.2) is 4.79 Å². The summed E-state index contributed by atoms with van der Waals surface area (Å²) < 4.78 is 4.89. The Balaban J connectivity index is 0.000000593. The van der Waals surface area contributed by atoms with E-state index in [1.165, 1.54) is 0 Å². The lowest BCUT2D eigenvalue weighted by atomic mass is 10.0. The van der Waals surface area contributed by atoms with Gasteiger partial charge in [-0.1, -0.05) is 67.2 Å². The van der Waals surface area contributed by atoms with Crippen LogP contribution in [-0.4, -0.2) is 17.0 Å². The molecule has 1 N–H and O–H groups in total. The highest BCUT2D eigenvalue weighted by atomic mass is 16.5. The molecule has 4 nitrogen and oxygen atoms in total. The van der Waals surface area contributed by atoms with Crippen LogP contribution in [0.5, 0.6) is 0 Å². The third-order valence-electron chi connectivity index (χ3n) is 2.61. The lowest BCUT2D eigenvalue weighted by molar-refractivity contribution is -0.134. The van der Waals surface area contributed by atoms with E-state index in [-0.39, 0.29) is 0 Å². The third kappa shape index (κ3) is 6.91. The van der Waals surface area contributed by atoms with Gasteiger partial charge in [0.25, 0.3) is 5.97 Å². The first-order valence-corrected chi connectivity index (χ1v) is 6.88. The summed E-state index contributed by atoms with van der Waals surface area (Å²) in [5.74, 6) is -1.25. The van der Waals surface area contributed by atoms with Gasteiger partial charge in [-0.3, -0.25) is 4.79 Å². The molecule has 2 rings (SSSR count). The second-order valence-electron chi connectivity index (χ2n) is 4.43. The van der Waals surface area contributed by atoms with Crippen LogP contribution in [0.1, 0.15) is 18.1 Å². The first-order valence-electron chi connectivity index (χ1n) is 6.88. The molecule has 0 bridgehead atoms. The Hall–Kier alpha value is -3.14. The maximum atomic E-state index is 12.0. The monoisotopic (exact) mass is 310 g/mol. The van der Waals surface area contributed by atoms with Gasteiger partial charge in [0.2, 0.25) is 0 Å². The minimum Gasteiger partial charge on any atom is -0.481 e. The van der Waals surface area contributed by atoms with Gasteiger partial charge < -0.3 is 9.84 Å². The highest BCUT2D eigenvalue weighted by molar-refractivity contribution is 6.21. The molecule has 2 aromatic rings. The number of hydrogen-bond donors (Lipinski definition) is 1. The Morgan fingerprint density at radius 1 is 1.00 bits per heavy atom. The number of ether oxygens (including phenoxy) is 1. The average Bonchev–Trinajstić information content (AvgIpc) is 2.54. The van der Waals surface area contributed by atoms with Gasteiger partial charge in [-0.2, -0.15) is 0 Å². The molecule has 0 fully saturated rings. The van der Waals surface area contributed by atoms with E-state index in [9.17, 15) is 4.79 Å². The number of rotatable bonds is 4. The maximum absolute atomic E-state index is 12.0. The van der Waals surface area contributed by atoms with Crippen LogP contribution in [0, 0.1) is 0 Å². The predicted octanol–water partition coefficient (Wildman–Crippen LogP) is 4.00. The van der Waals surface area contributed by atoms with Crippen molar-refractivity contribution < 1.29 is 19.4 Å². The highest BCUT2D eigenvalue weighted by Gasteiger charge is 2.12. The topological polar surface area (TPSA) is 63.6 Å². The molecule has 23 heavy (non-hydrogen) atoms. The van der Waals surface area contributed by atoms with Crippen LogP contribution in [0.3, 0.4) is 0 Å². The van der Waals surface area contributed by atoms with Crippen molar-refractivity contribution in [3.05, 3.63) is 84.6 Å². The molecule has 0 aliphatic rings. The molecule has 0 aliphatic heterocycles. The van der Waals surface area contributed by atoms with Gasteiger partial charge in [0, 0.05) is 6.92 Å². The van der Waals surface area contributed by atoms with Crippen LogP contribution in [0.2, 0.25) is 0 Å². The van der Waals surface area contributed by atoms with Crippen LogP contribution in [0.25, 0.3) is 11.6 Å². The van der Waals surface area contributed by atoms with E-state index in [0.717, 1.165) is 24.3 Å². The van der Waals surface area contributed by atoms with Gasteiger partial charge >= 0.3 is 5.97 Å². The zero-order chi connectivity index (χ0) is 17.1. The SMILES string of the molecule is C=COC(=O)C(=Cc1ccccc1)c1ccccc1.CC(=O)O. The molecule has 0 spiro atoms. The fourth-order valence-corrected chi connectivity index (χ4v) is 1.73. The zero-order valence-electron chi connectivity index (χ0n) is 12.8. The summed E-state index contributed by atoms with van der Waals surface area (Å²) in [5, 5.41) is 7.42. The zero-order valence-corrected chi connectivity index (χ0v) is 12.8. The van der Waals surface area contributed by atoms with Crippen molar-refractivity contribution >= 4 is 23.6 Å². The standard InChI is InChI=1S/C17H14O2.C2H4O2/c1-2-19-17(18)16(15-11-7-4-8-12-15)13-14-9-5-3-6-10-14;1-2(3)4/h2-13H,1H2;1H3,(H,3,4). The lowest BCUT2D eigenvalue weighted by Gasteiger charge is -2.06. The first-order chi connectivity index (χ1) is 11.0. The van der Waals surface area contributed by atoms with E-state index in [1.807, 2.05) is 60.7 Å². The molecule has 0 saturated carbocycles. The molecule has 2 aromatic carbocycles. The molecule has 0 heterocycles. The summed E-state index contributed by atoms with van der Waals surface area (Å²) in [6.45, 7) is 4.50. The van der Waals surface area contributed by atoms with E-state index in [4.69, 9.17) is 14.6 Å². The van der Waals surface area contributed by atoms with Crippen LogP contribution >= 0.6 is 0 Å². The van der Waals surface area contributed by atoms with Gasteiger partial charge in [0.1, 0.15) is 0 Å². The van der Waals surface area contributed by atoms with Crippen LogP contribution < -0.4 is 0 Å². The molecule has 4 heteroatoms. The second kappa shape index (κ2) is 9.73. The normalized spacial score (nSPS) is 10.0. The molecule has 0 unspecified atom stereocenters. The number of carboxylic acids is 1. The van der Waals surface area contributed by atoms with Gasteiger partial charge in [-0.15, -0.1) is 0 Å². The molecule has 0 amide bonds. The minimum atomic E-state index is -0.833. The summed E-state index contributed by atoms with van der Waals surface area (Å²) in [4.78, 5) is 21.0. The molecule has 0 radical (unpaired) electrons. The number of carbonyl (C=O) groups is 2. The summed E-state index contributed by atoms with van der Waals surface area (Å²) in [6, 6.07) is 19.1. The molecular weight excluding hydrogens is 292 g/mol. The molecule has 0 aromatic heterocycles. The summed E-state index contributed by atoms with van der Waals surface area (Å²) >= 11 is 0. The van der Waals surface area contributed by atoms with Crippen molar-refractivity contribution in [2.45, 2.75) is 6.92 Å². The molecule has 0 saturated heterocycles. The summed E-state index contributed by atoms with van der Waals surface area (Å²) in [5.41, 5.74) is 2.27. The Bertz CT molecular complexity index is 669. The second-order valence-corrected chi connectivity index (χ2v) is 4.43. The van der Waals surface area contributed by atoms with Crippen molar-refractivity contribution in [3.63, 3.8) is 0 Å². The molecular formula is C19H18O4. The van der Waals surface area contributed by atoms with Gasteiger partial charge in [0.05, 0.1) is 11.8 Å². The van der Waals surface area contributed by atoms with Crippen molar-refractivity contribution in [2.75, 3.05) is 0 Å². The van der Waals surface area contributed by atoms with Gasteiger partial charge in [-0.05, 0) is 17.2 Å². The van der Waals surface area contributed by atoms with Crippen molar-refractivity contribution in [2.24, 2.45) is 0 Å². The fourth-order valence-electron chi connectivity index (χ4n) is 1.73. The van der Waals surface area contributed by atoms with Gasteiger partial charge in [0.15, 0.2) is 0 Å². The number of carbonyl (C=O) groups excluding carboxylic acids is 1. The van der Waals surface area contributed by atoms with Crippen LogP contribution in [0.4, 0.5) is 0 Å². The lowest BCUT2D eigenvalue weighted by Crippen LogP contribution is -2.03. The van der Waals surface area contributed by atoms with Crippen LogP contribution in [-0.2, 0) is 14.3 Å². The Labute approximate surface area is 135 Å². The smallest absolute Gasteiger partial charge is 0.343 e. The van der Waals surface area contributed by atoms with E-state index < -0.39 is 11.9 Å². The van der Waals surface area contributed by atoms with Crippen molar-refractivity contribution in [3.8, 4) is 0 Å². The first kappa shape index (κ1) is 17.9. The average molecular weight is 310 g/mol. The van der Waals surface area contributed by atoms with E-state index in [0.29, 0.717) is 5.57 Å². The minimum absolute atomic E-state index is 0.412. The summed E-state index contributed by atoms with van der Waals surface area (Å²) in [7, 11) is 0. The number of benzene rings is 2. The Morgan fingerprint density at radius 3 is 1.96 bits per heavy atom. The maximum Gasteiger partial charge on any atom is 0.343 e. The number of esters is 1. The van der Waals surface area contributed by atoms with Crippen LogP contribution in [0.15, 0.2) is 73.5 Å². The number of carboxylic acid groups (broad SMARTS) is 1. The fraction of sp³-hybridized carbons (Fsp3) is 0.0526. The van der Waals surface area contributed by atoms with E-state index in [2.05, 4.69) is 6.58 Å².